The van der Waals surface area contributed by atoms with E-state index in [4.69, 9.17) is 11.6 Å². The number of alkyl halides is 1. The third kappa shape index (κ3) is 4.60. The molecule has 0 aromatic heterocycles. The Hall–Kier alpha value is -0.240. The van der Waals surface area contributed by atoms with Crippen LogP contribution >= 0.6 is 11.6 Å². The van der Waals surface area contributed by atoms with Crippen molar-refractivity contribution in [3.05, 3.63) is 0 Å². The molecule has 0 heterocycles. The molecule has 12 heavy (non-hydrogen) atoms. The fraction of sp³-hybridized carbons (Fsp3) is 0.889. The Balaban J connectivity index is 4.05. The minimum absolute atomic E-state index is 0.00779. The van der Waals surface area contributed by atoms with Gasteiger partial charge >= 0.3 is 0 Å². The average molecular weight is 192 g/mol. The molecule has 0 fully saturated rings. The number of carbonyl (C=O) groups is 1. The molecule has 1 atom stereocenters. The predicted molar refractivity (Wildman–Crippen MR) is 52.4 cm³/mol. The second-order valence-corrected chi connectivity index (χ2v) is 5.03. The second-order valence-electron chi connectivity index (χ2n) is 4.37. The van der Waals surface area contributed by atoms with Crippen molar-refractivity contribution >= 4 is 17.5 Å². The van der Waals surface area contributed by atoms with Crippen LogP contribution in [0, 0.1) is 5.41 Å². The summed E-state index contributed by atoms with van der Waals surface area (Å²) in [6.45, 7) is 8.72. The van der Waals surface area contributed by atoms with Crippen LogP contribution in [0.1, 0.15) is 27.7 Å². The molecule has 3 heteroatoms. The fourth-order valence-corrected chi connectivity index (χ4v) is 1.26. The number of hydrogen-bond acceptors (Lipinski definition) is 1. The van der Waals surface area contributed by atoms with Gasteiger partial charge in [-0.3, -0.25) is 4.79 Å². The molecule has 72 valence electrons. The maximum absolute atomic E-state index is 11.3. The van der Waals surface area contributed by atoms with Crippen molar-refractivity contribution in [2.24, 2.45) is 5.41 Å². The highest BCUT2D eigenvalue weighted by Crippen LogP contribution is 2.15. The molecule has 0 radical (unpaired) electrons. The molecule has 0 saturated carbocycles. The maximum atomic E-state index is 11.3. The predicted octanol–water partition coefficient (Wildman–Crippen LogP) is 2.12. The van der Waals surface area contributed by atoms with Crippen molar-refractivity contribution in [1.82, 2.24) is 4.90 Å². The van der Waals surface area contributed by atoms with E-state index in [2.05, 4.69) is 20.8 Å². The van der Waals surface area contributed by atoms with Crippen LogP contribution in [0.15, 0.2) is 0 Å². The summed E-state index contributed by atoms with van der Waals surface area (Å²) in [6.07, 6.45) is 0. The zero-order chi connectivity index (χ0) is 9.94. The highest BCUT2D eigenvalue weighted by atomic mass is 35.5. The van der Waals surface area contributed by atoms with Crippen LogP contribution < -0.4 is 0 Å². The zero-order valence-corrected chi connectivity index (χ0v) is 9.27. The summed E-state index contributed by atoms with van der Waals surface area (Å²) in [6, 6.07) is 0. The van der Waals surface area contributed by atoms with E-state index < -0.39 is 5.38 Å². The molecule has 0 aliphatic heterocycles. The summed E-state index contributed by atoms with van der Waals surface area (Å²) >= 11 is 5.66. The molecule has 0 aliphatic carbocycles. The molecule has 0 aliphatic rings. The highest BCUT2D eigenvalue weighted by Gasteiger charge is 2.20. The van der Waals surface area contributed by atoms with Gasteiger partial charge in [0.05, 0.1) is 0 Å². The SMILES string of the molecule is CC(Cl)C(=O)N(C)CC(C)(C)C. The van der Waals surface area contributed by atoms with E-state index in [1.54, 1.807) is 18.9 Å². The standard InChI is InChI=1S/C9H18ClNO/c1-7(10)8(12)11(5)6-9(2,3)4/h7H,6H2,1-5H3. The summed E-state index contributed by atoms with van der Waals surface area (Å²) < 4.78 is 0. The molecule has 1 amide bonds. The van der Waals surface area contributed by atoms with Crippen molar-refractivity contribution in [1.29, 1.82) is 0 Å². The molecule has 0 saturated heterocycles. The van der Waals surface area contributed by atoms with Crippen molar-refractivity contribution in [2.75, 3.05) is 13.6 Å². The first-order valence-corrected chi connectivity index (χ1v) is 4.57. The van der Waals surface area contributed by atoms with E-state index in [-0.39, 0.29) is 11.3 Å². The first kappa shape index (κ1) is 11.8. The van der Waals surface area contributed by atoms with Gasteiger partial charge in [0.15, 0.2) is 0 Å². The monoisotopic (exact) mass is 191 g/mol. The van der Waals surface area contributed by atoms with Crippen LogP contribution in [0.25, 0.3) is 0 Å². The zero-order valence-electron chi connectivity index (χ0n) is 8.52. The van der Waals surface area contributed by atoms with Crippen LogP contribution in [-0.4, -0.2) is 29.8 Å². The summed E-state index contributed by atoms with van der Waals surface area (Å²) in [5.74, 6) is -0.00779. The van der Waals surface area contributed by atoms with Crippen LogP contribution in [0.3, 0.4) is 0 Å². The van der Waals surface area contributed by atoms with Crippen molar-refractivity contribution < 1.29 is 4.79 Å². The van der Waals surface area contributed by atoms with Crippen LogP contribution in [-0.2, 0) is 4.79 Å². The average Bonchev–Trinajstić information content (AvgIpc) is 1.82. The topological polar surface area (TPSA) is 20.3 Å². The Bertz CT molecular complexity index is 160. The number of hydrogen-bond donors (Lipinski definition) is 0. The lowest BCUT2D eigenvalue weighted by Crippen LogP contribution is -2.38. The lowest BCUT2D eigenvalue weighted by atomic mass is 9.96. The molecule has 2 nitrogen and oxygen atoms in total. The third-order valence-electron chi connectivity index (χ3n) is 1.43. The number of amides is 1. The molecule has 0 spiro atoms. The molecule has 0 bridgehead atoms. The summed E-state index contributed by atoms with van der Waals surface area (Å²) in [5, 5.41) is -0.419. The fourth-order valence-electron chi connectivity index (χ4n) is 1.09. The number of halogens is 1. The number of rotatable bonds is 2. The van der Waals surface area contributed by atoms with E-state index in [1.165, 1.54) is 0 Å². The van der Waals surface area contributed by atoms with E-state index >= 15 is 0 Å². The van der Waals surface area contributed by atoms with Gasteiger partial charge in [0.2, 0.25) is 5.91 Å². The minimum atomic E-state index is -0.419. The molecule has 0 aromatic carbocycles. The van der Waals surface area contributed by atoms with E-state index in [0.29, 0.717) is 0 Å². The van der Waals surface area contributed by atoms with Gasteiger partial charge in [0.1, 0.15) is 5.38 Å². The van der Waals surface area contributed by atoms with Gasteiger partial charge in [0, 0.05) is 13.6 Å². The molecule has 0 N–H and O–H groups in total. The Labute approximate surface area is 79.9 Å². The molecular weight excluding hydrogens is 174 g/mol. The van der Waals surface area contributed by atoms with Gasteiger partial charge in [-0.05, 0) is 12.3 Å². The Kier molecular flexibility index (Phi) is 4.04. The second kappa shape index (κ2) is 4.13. The van der Waals surface area contributed by atoms with E-state index in [9.17, 15) is 4.79 Å². The van der Waals surface area contributed by atoms with Crippen molar-refractivity contribution in [2.45, 2.75) is 33.1 Å². The Morgan fingerprint density at radius 3 is 2.17 bits per heavy atom. The summed E-state index contributed by atoms with van der Waals surface area (Å²) in [5.41, 5.74) is 0.135. The Morgan fingerprint density at radius 2 is 1.92 bits per heavy atom. The quantitative estimate of drug-likeness (QED) is 0.613. The van der Waals surface area contributed by atoms with Crippen LogP contribution in [0.2, 0.25) is 0 Å². The lowest BCUT2D eigenvalue weighted by molar-refractivity contribution is -0.130. The summed E-state index contributed by atoms with van der Waals surface area (Å²) in [7, 11) is 1.78. The van der Waals surface area contributed by atoms with Gasteiger partial charge in [-0.2, -0.15) is 0 Å². The van der Waals surface area contributed by atoms with Gasteiger partial charge in [-0.1, -0.05) is 20.8 Å². The molecule has 1 unspecified atom stereocenters. The number of carbonyl (C=O) groups excluding carboxylic acids is 1. The highest BCUT2D eigenvalue weighted by molar-refractivity contribution is 6.30. The lowest BCUT2D eigenvalue weighted by Gasteiger charge is -2.27. The van der Waals surface area contributed by atoms with Gasteiger partial charge < -0.3 is 4.90 Å². The van der Waals surface area contributed by atoms with E-state index in [1.807, 2.05) is 0 Å². The first-order valence-electron chi connectivity index (χ1n) is 4.13. The molecule has 0 rings (SSSR count). The molecular formula is C9H18ClNO. The largest absolute Gasteiger partial charge is 0.344 e. The molecule has 0 aromatic rings. The van der Waals surface area contributed by atoms with Gasteiger partial charge in [0.25, 0.3) is 0 Å². The first-order chi connectivity index (χ1) is 5.24. The third-order valence-corrected chi connectivity index (χ3v) is 1.61. The summed E-state index contributed by atoms with van der Waals surface area (Å²) in [4.78, 5) is 13.0. The maximum Gasteiger partial charge on any atom is 0.240 e. The number of nitrogens with zero attached hydrogens (tertiary/aromatic N) is 1. The van der Waals surface area contributed by atoms with Gasteiger partial charge in [-0.25, -0.2) is 0 Å². The van der Waals surface area contributed by atoms with Gasteiger partial charge in [-0.15, -0.1) is 11.6 Å². The normalized spacial score (nSPS) is 14.2. The van der Waals surface area contributed by atoms with Crippen LogP contribution in [0.4, 0.5) is 0 Å². The smallest absolute Gasteiger partial charge is 0.240 e. The Morgan fingerprint density at radius 1 is 1.50 bits per heavy atom. The van der Waals surface area contributed by atoms with E-state index in [0.717, 1.165) is 6.54 Å². The minimum Gasteiger partial charge on any atom is -0.344 e. The van der Waals surface area contributed by atoms with Crippen LogP contribution in [0.5, 0.6) is 0 Å². The van der Waals surface area contributed by atoms with Crippen molar-refractivity contribution in [3.63, 3.8) is 0 Å². The van der Waals surface area contributed by atoms with Crippen molar-refractivity contribution in [3.8, 4) is 0 Å².